The second kappa shape index (κ2) is 8.15. The predicted molar refractivity (Wildman–Crippen MR) is 110 cm³/mol. The summed E-state index contributed by atoms with van der Waals surface area (Å²) in [7, 11) is 3.21. The van der Waals surface area contributed by atoms with Crippen LogP contribution in [0, 0.1) is 5.92 Å². The van der Waals surface area contributed by atoms with Crippen LogP contribution in [0.25, 0.3) is 0 Å². The van der Waals surface area contributed by atoms with Gasteiger partial charge >= 0.3 is 0 Å². The molecule has 6 nitrogen and oxygen atoms in total. The third-order valence-electron chi connectivity index (χ3n) is 6.10. The second-order valence-corrected chi connectivity index (χ2v) is 7.66. The monoisotopic (exact) mass is 394 g/mol. The molecular formula is C23H26N2O4. The molecule has 1 unspecified atom stereocenters. The summed E-state index contributed by atoms with van der Waals surface area (Å²) in [6.07, 6.45) is 2.62. The molecule has 1 aliphatic carbocycles. The number of benzene rings is 2. The summed E-state index contributed by atoms with van der Waals surface area (Å²) in [5.74, 6) is 1.17. The number of fused-ring (bicyclic) bond motifs is 1. The Kier molecular flexibility index (Phi) is 5.43. The summed E-state index contributed by atoms with van der Waals surface area (Å²) in [4.78, 5) is 18.5. The van der Waals surface area contributed by atoms with Gasteiger partial charge in [0.15, 0.2) is 0 Å². The van der Waals surface area contributed by atoms with Gasteiger partial charge in [0.25, 0.3) is 5.91 Å². The molecule has 1 fully saturated rings. The molecule has 2 aromatic carbocycles. The van der Waals surface area contributed by atoms with E-state index in [-0.39, 0.29) is 23.3 Å². The third-order valence-corrected chi connectivity index (χ3v) is 6.10. The highest BCUT2D eigenvalue weighted by molar-refractivity contribution is 5.97. The Morgan fingerprint density at radius 3 is 2.66 bits per heavy atom. The average Bonchev–Trinajstić information content (AvgIpc) is 3.20. The number of carbonyl (C=O) groups excluding carboxylic acids is 1. The average molecular weight is 394 g/mol. The first kappa shape index (κ1) is 19.3. The first-order valence-corrected chi connectivity index (χ1v) is 9.91. The van der Waals surface area contributed by atoms with Gasteiger partial charge in [0.05, 0.1) is 25.7 Å². The highest BCUT2D eigenvalue weighted by atomic mass is 16.7. The zero-order valence-corrected chi connectivity index (χ0v) is 16.8. The van der Waals surface area contributed by atoms with Gasteiger partial charge in [-0.3, -0.25) is 4.79 Å². The van der Waals surface area contributed by atoms with Gasteiger partial charge in [-0.05, 0) is 37.0 Å². The number of para-hydroxylation sites is 1. The van der Waals surface area contributed by atoms with E-state index >= 15 is 0 Å². The van der Waals surface area contributed by atoms with Crippen LogP contribution in [-0.4, -0.2) is 38.7 Å². The molecule has 1 heterocycles. The van der Waals surface area contributed by atoms with Crippen LogP contribution in [0.1, 0.15) is 35.2 Å². The van der Waals surface area contributed by atoms with Crippen molar-refractivity contribution in [3.05, 3.63) is 65.7 Å². The van der Waals surface area contributed by atoms with Crippen LogP contribution < -0.4 is 10.1 Å². The highest BCUT2D eigenvalue weighted by Crippen LogP contribution is 2.45. The lowest BCUT2D eigenvalue weighted by Gasteiger charge is -2.42. The van der Waals surface area contributed by atoms with E-state index in [1.807, 2.05) is 30.3 Å². The van der Waals surface area contributed by atoms with Gasteiger partial charge in [-0.1, -0.05) is 47.6 Å². The van der Waals surface area contributed by atoms with Gasteiger partial charge in [-0.15, -0.1) is 0 Å². The van der Waals surface area contributed by atoms with Crippen molar-refractivity contribution in [1.82, 2.24) is 5.32 Å². The lowest BCUT2D eigenvalue weighted by atomic mass is 9.64. The smallest absolute Gasteiger partial charge is 0.255 e. The molecule has 1 aliphatic heterocycles. The Labute approximate surface area is 170 Å². The van der Waals surface area contributed by atoms with E-state index in [1.165, 1.54) is 5.56 Å². The number of nitrogens with one attached hydrogen (secondary N) is 1. The summed E-state index contributed by atoms with van der Waals surface area (Å²) >= 11 is 0. The van der Waals surface area contributed by atoms with Crippen LogP contribution in [0.4, 0.5) is 0 Å². The van der Waals surface area contributed by atoms with Crippen molar-refractivity contribution in [2.45, 2.75) is 30.8 Å². The SMILES string of the molecule is COC1=NOC2CC[C@@](CNC(=O)c3ccccc3OC)(c3ccccc3)C[C@H]12. The van der Waals surface area contributed by atoms with E-state index in [4.69, 9.17) is 14.3 Å². The van der Waals surface area contributed by atoms with E-state index in [1.54, 1.807) is 26.4 Å². The minimum atomic E-state index is -0.215. The standard InChI is InChI=1S/C23H26N2O4/c1-27-19-11-7-6-10-17(19)21(26)24-15-23(16-8-4-3-5-9-16)13-12-20-18(14-23)22(28-2)25-29-20/h3-11,18,20H,12-15H2,1-2H3,(H,24,26)/t18-,20?,23+/m0/s1. The number of rotatable bonds is 5. The zero-order valence-electron chi connectivity index (χ0n) is 16.8. The van der Waals surface area contributed by atoms with Gasteiger partial charge < -0.3 is 19.6 Å². The van der Waals surface area contributed by atoms with Crippen molar-refractivity contribution >= 4 is 11.8 Å². The van der Waals surface area contributed by atoms with Gasteiger partial charge in [-0.25, -0.2) is 0 Å². The van der Waals surface area contributed by atoms with Crippen molar-refractivity contribution in [2.24, 2.45) is 11.1 Å². The molecule has 2 aliphatic rings. The van der Waals surface area contributed by atoms with Crippen LogP contribution in [0.2, 0.25) is 0 Å². The largest absolute Gasteiger partial charge is 0.496 e. The lowest BCUT2D eigenvalue weighted by molar-refractivity contribution is 0.0193. The molecular weight excluding hydrogens is 368 g/mol. The molecule has 3 atom stereocenters. The number of hydrogen-bond donors (Lipinski definition) is 1. The Morgan fingerprint density at radius 1 is 1.14 bits per heavy atom. The predicted octanol–water partition coefficient (Wildman–Crippen LogP) is 3.52. The Hall–Kier alpha value is -3.02. The lowest BCUT2D eigenvalue weighted by Crippen LogP contribution is -2.48. The van der Waals surface area contributed by atoms with Crippen LogP contribution in [0.15, 0.2) is 59.8 Å². The quantitative estimate of drug-likeness (QED) is 0.842. The molecule has 2 aromatic rings. The van der Waals surface area contributed by atoms with E-state index < -0.39 is 0 Å². The van der Waals surface area contributed by atoms with Crippen LogP contribution in [-0.2, 0) is 15.0 Å². The molecule has 1 amide bonds. The summed E-state index contributed by atoms with van der Waals surface area (Å²) in [6.45, 7) is 0.522. The third kappa shape index (κ3) is 3.67. The summed E-state index contributed by atoms with van der Waals surface area (Å²) < 4.78 is 10.8. The molecule has 1 saturated carbocycles. The van der Waals surface area contributed by atoms with Crippen molar-refractivity contribution in [3.8, 4) is 5.75 Å². The Balaban J connectivity index is 1.59. The van der Waals surface area contributed by atoms with Gasteiger partial charge in [0, 0.05) is 12.0 Å². The van der Waals surface area contributed by atoms with Crippen molar-refractivity contribution < 1.29 is 19.1 Å². The molecule has 152 valence electrons. The fourth-order valence-corrected chi connectivity index (χ4v) is 4.52. The van der Waals surface area contributed by atoms with E-state index in [0.717, 1.165) is 19.3 Å². The van der Waals surface area contributed by atoms with Crippen LogP contribution >= 0.6 is 0 Å². The fourth-order valence-electron chi connectivity index (χ4n) is 4.52. The minimum Gasteiger partial charge on any atom is -0.496 e. The first-order valence-electron chi connectivity index (χ1n) is 9.91. The molecule has 0 bridgehead atoms. The first-order chi connectivity index (χ1) is 14.2. The molecule has 0 spiro atoms. The van der Waals surface area contributed by atoms with Crippen molar-refractivity contribution in [2.75, 3.05) is 20.8 Å². The van der Waals surface area contributed by atoms with E-state index in [2.05, 4.69) is 22.6 Å². The van der Waals surface area contributed by atoms with E-state index in [9.17, 15) is 4.79 Å². The molecule has 6 heteroatoms. The maximum atomic E-state index is 12.9. The maximum absolute atomic E-state index is 12.9. The molecule has 29 heavy (non-hydrogen) atoms. The molecule has 4 rings (SSSR count). The maximum Gasteiger partial charge on any atom is 0.255 e. The van der Waals surface area contributed by atoms with Crippen molar-refractivity contribution in [1.29, 1.82) is 0 Å². The molecule has 0 saturated heterocycles. The number of amides is 1. The Bertz CT molecular complexity index is 899. The van der Waals surface area contributed by atoms with E-state index in [0.29, 0.717) is 23.8 Å². The summed E-state index contributed by atoms with van der Waals surface area (Å²) in [6, 6.07) is 17.6. The topological polar surface area (TPSA) is 69.2 Å². The molecule has 1 N–H and O–H groups in total. The number of nitrogens with zero attached hydrogens (tertiary/aromatic N) is 1. The van der Waals surface area contributed by atoms with Gasteiger partial charge in [-0.2, -0.15) is 0 Å². The second-order valence-electron chi connectivity index (χ2n) is 7.66. The molecule has 0 aromatic heterocycles. The Morgan fingerprint density at radius 2 is 1.90 bits per heavy atom. The zero-order chi connectivity index (χ0) is 20.3. The van der Waals surface area contributed by atoms with Crippen LogP contribution in [0.5, 0.6) is 5.75 Å². The van der Waals surface area contributed by atoms with Gasteiger partial charge in [0.1, 0.15) is 11.9 Å². The summed E-state index contributed by atoms with van der Waals surface area (Å²) in [5, 5.41) is 7.27. The van der Waals surface area contributed by atoms with Gasteiger partial charge in [0.2, 0.25) is 5.90 Å². The molecule has 0 radical (unpaired) electrons. The summed E-state index contributed by atoms with van der Waals surface area (Å²) in [5.41, 5.74) is 1.53. The van der Waals surface area contributed by atoms with Crippen LogP contribution in [0.3, 0.4) is 0 Å². The fraction of sp³-hybridized carbons (Fsp3) is 0.391. The minimum absolute atomic E-state index is 0.0479. The number of methoxy groups -OCH3 is 2. The number of carbonyl (C=O) groups is 1. The number of hydrogen-bond acceptors (Lipinski definition) is 5. The number of oxime groups is 1. The highest BCUT2D eigenvalue weighted by Gasteiger charge is 2.48. The van der Waals surface area contributed by atoms with Crippen molar-refractivity contribution in [3.63, 3.8) is 0 Å². The normalized spacial score (nSPS) is 25.4. The number of ether oxygens (including phenoxy) is 2.